The molecule has 0 fully saturated rings. The van der Waals surface area contributed by atoms with E-state index in [1.54, 1.807) is 6.08 Å². The number of hydrogen-bond donors (Lipinski definition) is 0. The smallest absolute Gasteiger partial charge is 0.121 e. The van der Waals surface area contributed by atoms with Crippen molar-refractivity contribution < 1.29 is 4.74 Å². The van der Waals surface area contributed by atoms with Crippen LogP contribution in [0.15, 0.2) is 36.6 Å². The van der Waals surface area contributed by atoms with Gasteiger partial charge in [0.05, 0.1) is 6.61 Å². The van der Waals surface area contributed by atoms with E-state index in [0.717, 1.165) is 25.2 Å². The van der Waals surface area contributed by atoms with E-state index in [-0.39, 0.29) is 0 Å². The summed E-state index contributed by atoms with van der Waals surface area (Å²) in [5.74, 6) is 0.904. The Morgan fingerprint density at radius 3 is 2.00 bits per heavy atom. The fourth-order valence-corrected chi connectivity index (χ4v) is 1.05. The van der Waals surface area contributed by atoms with Gasteiger partial charge >= 0.3 is 0 Å². The van der Waals surface area contributed by atoms with Gasteiger partial charge in [0.1, 0.15) is 5.76 Å². The lowest BCUT2D eigenvalue weighted by molar-refractivity contribution is 0.202. The van der Waals surface area contributed by atoms with E-state index in [1.807, 2.05) is 33.8 Å². The number of rotatable bonds is 2. The van der Waals surface area contributed by atoms with Crippen molar-refractivity contribution in [2.45, 2.75) is 40.5 Å². The highest BCUT2D eigenvalue weighted by Gasteiger charge is 2.06. The van der Waals surface area contributed by atoms with E-state index in [4.69, 9.17) is 4.74 Å². The van der Waals surface area contributed by atoms with Crippen molar-refractivity contribution in [1.82, 2.24) is 0 Å². The van der Waals surface area contributed by atoms with Crippen molar-refractivity contribution in [3.63, 3.8) is 0 Å². The molecular weight excluding hydrogens is 172 g/mol. The molecule has 0 radical (unpaired) electrons. The van der Waals surface area contributed by atoms with Gasteiger partial charge in [-0.3, -0.25) is 0 Å². The van der Waals surface area contributed by atoms with Crippen LogP contribution >= 0.6 is 0 Å². The summed E-state index contributed by atoms with van der Waals surface area (Å²) in [5, 5.41) is 0. The van der Waals surface area contributed by atoms with Gasteiger partial charge in [0, 0.05) is 0 Å². The maximum atomic E-state index is 5.32. The lowest BCUT2D eigenvalue weighted by Gasteiger charge is -2.16. The van der Waals surface area contributed by atoms with E-state index in [0.29, 0.717) is 0 Å². The lowest BCUT2D eigenvalue weighted by atomic mass is 10.1. The van der Waals surface area contributed by atoms with Gasteiger partial charge in [-0.05, 0) is 24.5 Å². The molecule has 0 saturated carbocycles. The minimum absolute atomic E-state index is 0.818. The molecule has 0 amide bonds. The van der Waals surface area contributed by atoms with E-state index in [2.05, 4.69) is 13.2 Å². The molecule has 0 unspecified atom stereocenters. The minimum atomic E-state index is 0.818. The van der Waals surface area contributed by atoms with E-state index in [1.165, 1.54) is 5.57 Å². The van der Waals surface area contributed by atoms with Gasteiger partial charge in [0.2, 0.25) is 0 Å². The second-order valence-corrected chi connectivity index (χ2v) is 2.25. The molecule has 1 rings (SSSR count). The molecule has 1 heterocycles. The molecule has 0 bridgehead atoms. The third kappa shape index (κ3) is 5.63. The summed E-state index contributed by atoms with van der Waals surface area (Å²) in [4.78, 5) is 0. The van der Waals surface area contributed by atoms with Gasteiger partial charge in [-0.2, -0.15) is 0 Å². The van der Waals surface area contributed by atoms with Gasteiger partial charge in [0.25, 0.3) is 0 Å². The standard InChI is InChI=1S/C9H12O.2C2H6/c1-3-8-6-5-7-10-9(8)4-2;2*1-2/h3-4H,1-2,5-7H2;2*1-2H3. The van der Waals surface area contributed by atoms with Crippen LogP contribution in [0.2, 0.25) is 0 Å². The highest BCUT2D eigenvalue weighted by molar-refractivity contribution is 5.28. The molecule has 0 atom stereocenters. The predicted molar refractivity (Wildman–Crippen MR) is 65.3 cm³/mol. The molecule has 0 N–H and O–H groups in total. The molecule has 82 valence electrons. The first-order valence-electron chi connectivity index (χ1n) is 5.49. The molecule has 1 heteroatoms. The predicted octanol–water partition coefficient (Wildman–Crippen LogP) is 4.48. The minimum Gasteiger partial charge on any atom is -0.493 e. The van der Waals surface area contributed by atoms with Crippen molar-refractivity contribution in [2.75, 3.05) is 6.61 Å². The van der Waals surface area contributed by atoms with Crippen molar-refractivity contribution in [1.29, 1.82) is 0 Å². The molecular formula is C13H24O. The summed E-state index contributed by atoms with van der Waals surface area (Å²) in [6, 6.07) is 0. The summed E-state index contributed by atoms with van der Waals surface area (Å²) in [6.45, 7) is 16.2. The molecule has 1 aliphatic heterocycles. The van der Waals surface area contributed by atoms with Gasteiger partial charge in [-0.15, -0.1) is 0 Å². The van der Waals surface area contributed by atoms with Crippen LogP contribution in [0.1, 0.15) is 40.5 Å². The molecule has 0 aromatic carbocycles. The first-order chi connectivity index (χ1) is 6.88. The van der Waals surface area contributed by atoms with E-state index in [9.17, 15) is 0 Å². The Hall–Kier alpha value is -0.980. The van der Waals surface area contributed by atoms with Crippen LogP contribution in [0.4, 0.5) is 0 Å². The van der Waals surface area contributed by atoms with Gasteiger partial charge in [-0.25, -0.2) is 0 Å². The first kappa shape index (κ1) is 15.5. The third-order valence-corrected chi connectivity index (χ3v) is 1.60. The van der Waals surface area contributed by atoms with Gasteiger partial charge < -0.3 is 4.74 Å². The number of allylic oxidation sites excluding steroid dienone is 3. The lowest BCUT2D eigenvalue weighted by Crippen LogP contribution is -2.03. The van der Waals surface area contributed by atoms with Crippen LogP contribution in [0.25, 0.3) is 0 Å². The molecule has 14 heavy (non-hydrogen) atoms. The molecule has 0 aliphatic carbocycles. The van der Waals surface area contributed by atoms with Crippen LogP contribution in [0.5, 0.6) is 0 Å². The van der Waals surface area contributed by atoms with Gasteiger partial charge in [0.15, 0.2) is 0 Å². The van der Waals surface area contributed by atoms with Crippen molar-refractivity contribution >= 4 is 0 Å². The first-order valence-corrected chi connectivity index (χ1v) is 5.49. The summed E-state index contributed by atoms with van der Waals surface area (Å²) in [5.41, 5.74) is 1.18. The van der Waals surface area contributed by atoms with Crippen molar-refractivity contribution in [3.05, 3.63) is 36.6 Å². The topological polar surface area (TPSA) is 9.23 Å². The summed E-state index contributed by atoms with van der Waals surface area (Å²) in [6.07, 6.45) is 5.76. The molecule has 1 aliphatic rings. The fraction of sp³-hybridized carbons (Fsp3) is 0.538. The Bertz CT molecular complexity index is 158. The normalized spacial score (nSPS) is 13.7. The molecule has 0 aromatic heterocycles. The Labute approximate surface area is 89.2 Å². The van der Waals surface area contributed by atoms with Crippen molar-refractivity contribution in [2.24, 2.45) is 0 Å². The highest BCUT2D eigenvalue weighted by atomic mass is 16.5. The SMILES string of the molecule is C=CC1=C(C=C)OCCC1.CC.CC. The fourth-order valence-electron chi connectivity index (χ4n) is 1.05. The summed E-state index contributed by atoms with van der Waals surface area (Å²) < 4.78 is 5.32. The average molecular weight is 196 g/mol. The van der Waals surface area contributed by atoms with Crippen LogP contribution in [-0.2, 0) is 4.74 Å². The Morgan fingerprint density at radius 1 is 1.07 bits per heavy atom. The maximum Gasteiger partial charge on any atom is 0.121 e. The molecule has 0 aromatic rings. The highest BCUT2D eigenvalue weighted by Crippen LogP contribution is 2.19. The van der Waals surface area contributed by atoms with Crippen LogP contribution in [0.3, 0.4) is 0 Å². The second kappa shape index (κ2) is 12.0. The molecule has 0 spiro atoms. The van der Waals surface area contributed by atoms with Crippen LogP contribution in [0, 0.1) is 0 Å². The van der Waals surface area contributed by atoms with Crippen molar-refractivity contribution in [3.8, 4) is 0 Å². The summed E-state index contributed by atoms with van der Waals surface area (Å²) >= 11 is 0. The average Bonchev–Trinajstić information content (AvgIpc) is 2.34. The largest absolute Gasteiger partial charge is 0.493 e. The quantitative estimate of drug-likeness (QED) is 0.633. The maximum absolute atomic E-state index is 5.32. The van der Waals surface area contributed by atoms with Crippen LogP contribution < -0.4 is 0 Å². The zero-order valence-corrected chi connectivity index (χ0v) is 10.1. The zero-order chi connectivity index (χ0) is 11.4. The Balaban J connectivity index is 0. The second-order valence-electron chi connectivity index (χ2n) is 2.25. The monoisotopic (exact) mass is 196 g/mol. The Kier molecular flexibility index (Phi) is 13.3. The molecule has 1 nitrogen and oxygen atoms in total. The number of hydrogen-bond acceptors (Lipinski definition) is 1. The van der Waals surface area contributed by atoms with Crippen LogP contribution in [-0.4, -0.2) is 6.61 Å². The third-order valence-electron chi connectivity index (χ3n) is 1.60. The van der Waals surface area contributed by atoms with E-state index < -0.39 is 0 Å². The van der Waals surface area contributed by atoms with Gasteiger partial charge in [-0.1, -0.05) is 46.9 Å². The Morgan fingerprint density at radius 2 is 1.64 bits per heavy atom. The molecule has 0 saturated heterocycles. The number of ether oxygens (including phenoxy) is 1. The van der Waals surface area contributed by atoms with E-state index >= 15 is 0 Å². The summed E-state index contributed by atoms with van der Waals surface area (Å²) in [7, 11) is 0. The zero-order valence-electron chi connectivity index (χ0n) is 10.1.